The first-order valence-corrected chi connectivity index (χ1v) is 16.2. The Morgan fingerprint density at radius 3 is 1.83 bits per heavy atom. The molecule has 0 spiro atoms. The topological polar surface area (TPSA) is 33.6 Å². The predicted octanol–water partition coefficient (Wildman–Crippen LogP) is 11.7. The molecule has 0 unspecified atom stereocenters. The first kappa shape index (κ1) is 26.6. The van der Waals surface area contributed by atoms with E-state index in [-0.39, 0.29) is 0 Å². The second kappa shape index (κ2) is 10.2. The van der Waals surface area contributed by atoms with Crippen molar-refractivity contribution in [3.05, 3.63) is 169 Å². The van der Waals surface area contributed by atoms with E-state index in [1.54, 1.807) is 0 Å². The summed E-state index contributed by atoms with van der Waals surface area (Å²) < 4.78 is 4.79. The second-order valence-electron chi connectivity index (χ2n) is 12.5. The molecule has 0 aliphatic heterocycles. The number of nitriles is 1. The second-order valence-corrected chi connectivity index (χ2v) is 12.5. The van der Waals surface area contributed by atoms with Crippen LogP contribution in [0.1, 0.15) is 5.56 Å². The molecule has 2 aromatic heterocycles. The molecular formula is C45H27N3. The van der Waals surface area contributed by atoms with Gasteiger partial charge in [0.05, 0.1) is 33.7 Å². The molecular weight excluding hydrogens is 583 g/mol. The van der Waals surface area contributed by atoms with E-state index in [9.17, 15) is 5.26 Å². The van der Waals surface area contributed by atoms with Gasteiger partial charge >= 0.3 is 0 Å². The Bertz CT molecular complexity index is 2950. The molecule has 10 rings (SSSR count). The van der Waals surface area contributed by atoms with Gasteiger partial charge in [-0.25, -0.2) is 0 Å². The molecule has 0 saturated carbocycles. The van der Waals surface area contributed by atoms with Crippen molar-refractivity contribution in [3.8, 4) is 28.6 Å². The van der Waals surface area contributed by atoms with Crippen molar-refractivity contribution in [2.24, 2.45) is 0 Å². The molecule has 0 bridgehead atoms. The van der Waals surface area contributed by atoms with Gasteiger partial charge in [0, 0.05) is 32.9 Å². The lowest BCUT2D eigenvalue weighted by Gasteiger charge is -2.12. The summed E-state index contributed by atoms with van der Waals surface area (Å²) in [6.07, 6.45) is 0. The van der Waals surface area contributed by atoms with E-state index in [4.69, 9.17) is 0 Å². The van der Waals surface area contributed by atoms with Crippen LogP contribution < -0.4 is 0 Å². The third-order valence-corrected chi connectivity index (χ3v) is 9.90. The number of rotatable bonds is 3. The summed E-state index contributed by atoms with van der Waals surface area (Å²) in [5.74, 6) is 0. The van der Waals surface area contributed by atoms with E-state index in [1.807, 2.05) is 12.1 Å². The number of hydrogen-bond acceptors (Lipinski definition) is 1. The fraction of sp³-hybridized carbons (Fsp3) is 0. The summed E-state index contributed by atoms with van der Waals surface area (Å²) in [6.45, 7) is 0. The van der Waals surface area contributed by atoms with Gasteiger partial charge in [-0.15, -0.1) is 0 Å². The smallest absolute Gasteiger partial charge is 0.0991 e. The van der Waals surface area contributed by atoms with Crippen LogP contribution in [0, 0.1) is 11.3 Å². The molecule has 0 N–H and O–H groups in total. The van der Waals surface area contributed by atoms with Crippen LogP contribution in [-0.4, -0.2) is 9.13 Å². The van der Waals surface area contributed by atoms with Crippen LogP contribution in [-0.2, 0) is 0 Å². The molecule has 0 atom stereocenters. The van der Waals surface area contributed by atoms with Crippen LogP contribution in [0.2, 0.25) is 0 Å². The molecule has 0 aliphatic rings. The van der Waals surface area contributed by atoms with Gasteiger partial charge in [0.25, 0.3) is 0 Å². The van der Waals surface area contributed by atoms with E-state index in [1.165, 1.54) is 65.5 Å². The lowest BCUT2D eigenvalue weighted by atomic mass is 9.98. The number of aromatic nitrogens is 2. The maximum atomic E-state index is 9.41. The minimum absolute atomic E-state index is 0.680. The van der Waals surface area contributed by atoms with Crippen molar-refractivity contribution in [1.29, 1.82) is 5.26 Å². The van der Waals surface area contributed by atoms with Crippen molar-refractivity contribution in [2.45, 2.75) is 0 Å². The SMILES string of the molecule is N#Cc1ccc2c(ccc3cc(-n4c5ccccc5c5ccc(-c6cccc7c6c6ccccc6n7-c6ccccc6)cc54)ccc32)c1. The fourth-order valence-electron chi connectivity index (χ4n) is 7.80. The molecule has 0 amide bonds. The van der Waals surface area contributed by atoms with E-state index in [2.05, 4.69) is 167 Å². The molecule has 8 aromatic carbocycles. The first-order chi connectivity index (χ1) is 23.8. The molecule has 0 aliphatic carbocycles. The minimum Gasteiger partial charge on any atom is -0.309 e. The predicted molar refractivity (Wildman–Crippen MR) is 200 cm³/mol. The number of hydrogen-bond donors (Lipinski definition) is 0. The Labute approximate surface area is 276 Å². The molecule has 10 aromatic rings. The number of nitrogens with zero attached hydrogens (tertiary/aromatic N) is 3. The van der Waals surface area contributed by atoms with Crippen LogP contribution in [0.3, 0.4) is 0 Å². The van der Waals surface area contributed by atoms with Crippen LogP contribution in [0.5, 0.6) is 0 Å². The Kier molecular flexibility index (Phi) is 5.64. The van der Waals surface area contributed by atoms with Crippen molar-refractivity contribution in [3.63, 3.8) is 0 Å². The molecule has 48 heavy (non-hydrogen) atoms. The van der Waals surface area contributed by atoms with Crippen molar-refractivity contribution >= 4 is 65.2 Å². The monoisotopic (exact) mass is 609 g/mol. The van der Waals surface area contributed by atoms with E-state index in [0.717, 1.165) is 22.1 Å². The highest BCUT2D eigenvalue weighted by Crippen LogP contribution is 2.41. The number of para-hydroxylation sites is 3. The third kappa shape index (κ3) is 3.81. The Hall–Kier alpha value is -6.63. The summed E-state index contributed by atoms with van der Waals surface area (Å²) in [5.41, 5.74) is 10.1. The molecule has 222 valence electrons. The molecule has 0 fully saturated rings. The van der Waals surface area contributed by atoms with Gasteiger partial charge in [-0.3, -0.25) is 0 Å². The summed E-state index contributed by atoms with van der Waals surface area (Å²) in [4.78, 5) is 0. The average Bonchev–Trinajstić information content (AvgIpc) is 3.67. The summed E-state index contributed by atoms with van der Waals surface area (Å²) >= 11 is 0. The van der Waals surface area contributed by atoms with Crippen molar-refractivity contribution in [1.82, 2.24) is 9.13 Å². The van der Waals surface area contributed by atoms with E-state index >= 15 is 0 Å². The zero-order valence-electron chi connectivity index (χ0n) is 25.9. The third-order valence-electron chi connectivity index (χ3n) is 9.90. The highest BCUT2D eigenvalue weighted by molar-refractivity contribution is 6.17. The van der Waals surface area contributed by atoms with Gasteiger partial charge in [0.15, 0.2) is 0 Å². The normalized spacial score (nSPS) is 11.7. The van der Waals surface area contributed by atoms with Gasteiger partial charge in [0.1, 0.15) is 0 Å². The van der Waals surface area contributed by atoms with Crippen molar-refractivity contribution in [2.75, 3.05) is 0 Å². The number of benzene rings is 8. The molecule has 3 heteroatoms. The zero-order chi connectivity index (χ0) is 31.8. The highest BCUT2D eigenvalue weighted by atomic mass is 15.0. The molecule has 0 saturated heterocycles. The molecule has 3 nitrogen and oxygen atoms in total. The largest absolute Gasteiger partial charge is 0.309 e. The lowest BCUT2D eigenvalue weighted by Crippen LogP contribution is -1.94. The number of fused-ring (bicyclic) bond motifs is 9. The molecule has 2 heterocycles. The zero-order valence-corrected chi connectivity index (χ0v) is 25.9. The summed E-state index contributed by atoms with van der Waals surface area (Å²) in [7, 11) is 0. The Morgan fingerprint density at radius 2 is 1.02 bits per heavy atom. The Balaban J connectivity index is 1.23. The van der Waals surface area contributed by atoms with Crippen LogP contribution in [0.25, 0.3) is 87.7 Å². The quantitative estimate of drug-likeness (QED) is 0.183. The summed E-state index contributed by atoms with van der Waals surface area (Å²) in [5, 5.41) is 19.0. The van der Waals surface area contributed by atoms with Gasteiger partial charge < -0.3 is 9.13 Å². The standard InChI is InChI=1S/C45H27N3/c46-28-29-17-22-35-30(25-29)18-19-31-26-34(21-24-36(31)35)48-41-14-6-4-11-38(41)39-23-20-32(27-44(39)48)37-13-8-16-43-45(37)40-12-5-7-15-42(40)47(43)33-9-2-1-3-10-33/h1-27H. The minimum atomic E-state index is 0.680. The Morgan fingerprint density at radius 1 is 0.396 bits per heavy atom. The van der Waals surface area contributed by atoms with Crippen LogP contribution in [0.4, 0.5) is 0 Å². The average molecular weight is 610 g/mol. The summed E-state index contributed by atoms with van der Waals surface area (Å²) in [6, 6.07) is 60.9. The maximum absolute atomic E-state index is 9.41. The molecule has 0 radical (unpaired) electrons. The van der Waals surface area contributed by atoms with Gasteiger partial charge in [-0.05, 0) is 93.3 Å². The van der Waals surface area contributed by atoms with E-state index < -0.39 is 0 Å². The van der Waals surface area contributed by atoms with Crippen LogP contribution in [0.15, 0.2) is 164 Å². The van der Waals surface area contributed by atoms with E-state index in [0.29, 0.717) is 5.56 Å². The van der Waals surface area contributed by atoms with Crippen molar-refractivity contribution < 1.29 is 0 Å². The van der Waals surface area contributed by atoms with Gasteiger partial charge in [-0.1, -0.05) is 103 Å². The fourth-order valence-corrected chi connectivity index (χ4v) is 7.80. The van der Waals surface area contributed by atoms with Gasteiger partial charge in [0.2, 0.25) is 0 Å². The lowest BCUT2D eigenvalue weighted by molar-refractivity contribution is 1.18. The first-order valence-electron chi connectivity index (χ1n) is 16.2. The maximum Gasteiger partial charge on any atom is 0.0991 e. The van der Waals surface area contributed by atoms with Gasteiger partial charge in [-0.2, -0.15) is 5.26 Å². The highest BCUT2D eigenvalue weighted by Gasteiger charge is 2.18. The van der Waals surface area contributed by atoms with Crippen LogP contribution >= 0.6 is 0 Å².